The summed E-state index contributed by atoms with van der Waals surface area (Å²) in [5.74, 6) is -1.20. The lowest BCUT2D eigenvalue weighted by atomic mass is 10.0. The third-order valence-corrected chi connectivity index (χ3v) is 6.41. The molecule has 2 rings (SSSR count). The molecule has 2 aromatic carbocycles. The van der Waals surface area contributed by atoms with Gasteiger partial charge in [0.1, 0.15) is 9.97 Å². The molecule has 0 aliphatic rings. The Morgan fingerprint density at radius 3 is 2.15 bits per heavy atom. The quantitative estimate of drug-likeness (QED) is 0.281. The lowest BCUT2D eigenvalue weighted by molar-refractivity contribution is -0.142. The second-order valence-corrected chi connectivity index (χ2v) is 8.62. The van der Waals surface area contributed by atoms with Crippen molar-refractivity contribution in [2.75, 3.05) is 7.11 Å². The van der Waals surface area contributed by atoms with Crippen LogP contribution >= 0.6 is 22.6 Å². The van der Waals surface area contributed by atoms with Gasteiger partial charge in [-0.25, -0.2) is 8.42 Å². The number of rotatable bonds is 7. The first-order chi connectivity index (χ1) is 12.3. The highest BCUT2D eigenvalue weighted by molar-refractivity contribution is 14.1. The Labute approximate surface area is 166 Å². The van der Waals surface area contributed by atoms with Crippen molar-refractivity contribution in [2.24, 2.45) is 0 Å². The minimum Gasteiger partial charge on any atom is -0.468 e. The van der Waals surface area contributed by atoms with Crippen LogP contribution in [0.3, 0.4) is 0 Å². The number of ether oxygens (including phenoxy) is 1. The van der Waals surface area contributed by atoms with E-state index in [-0.39, 0.29) is 10.7 Å². The topological polar surface area (TPSA) is 89.5 Å². The van der Waals surface area contributed by atoms with Gasteiger partial charge in [-0.2, -0.15) is 4.72 Å². The number of ketones is 1. The van der Waals surface area contributed by atoms with Gasteiger partial charge in [-0.05, 0) is 19.1 Å². The van der Waals surface area contributed by atoms with E-state index in [9.17, 15) is 18.0 Å². The minimum absolute atomic E-state index is 0.00719. The van der Waals surface area contributed by atoms with Gasteiger partial charge in [-0.1, -0.05) is 70.6 Å². The second-order valence-electron chi connectivity index (χ2n) is 5.57. The number of Topliss-reactive ketones (excluding diaryl/α,β-unsaturated/α-hetero) is 1. The molecule has 0 aliphatic carbocycles. The average Bonchev–Trinajstić information content (AvgIpc) is 2.65. The Bertz CT molecular complexity index is 882. The van der Waals surface area contributed by atoms with Gasteiger partial charge >= 0.3 is 5.97 Å². The first kappa shape index (κ1) is 20.5. The van der Waals surface area contributed by atoms with E-state index in [0.717, 1.165) is 12.7 Å². The smallest absolute Gasteiger partial charge is 0.325 e. The molecule has 0 bridgehead atoms. The summed E-state index contributed by atoms with van der Waals surface area (Å²) >= 11 is 1.76. The summed E-state index contributed by atoms with van der Waals surface area (Å²) in [6.45, 7) is 1.83. The van der Waals surface area contributed by atoms with Crippen molar-refractivity contribution in [3.63, 3.8) is 0 Å². The molecule has 0 saturated heterocycles. The molecule has 0 fully saturated rings. The molecule has 0 aromatic heterocycles. The van der Waals surface area contributed by atoms with Crippen molar-refractivity contribution in [3.8, 4) is 0 Å². The van der Waals surface area contributed by atoms with Crippen LogP contribution in [0, 0.1) is 6.92 Å². The number of nitrogens with one attached hydrogen (secondary N) is 1. The number of carbonyl (C=O) groups is 2. The maximum Gasteiger partial charge on any atom is 0.325 e. The third kappa shape index (κ3) is 4.89. The monoisotopic (exact) mass is 487 g/mol. The van der Waals surface area contributed by atoms with Crippen molar-refractivity contribution < 1.29 is 22.7 Å². The number of carbonyl (C=O) groups excluding carboxylic acids is 2. The fourth-order valence-electron chi connectivity index (χ4n) is 2.22. The van der Waals surface area contributed by atoms with Gasteiger partial charge in [0.05, 0.1) is 12.0 Å². The normalized spacial score (nSPS) is 13.7. The van der Waals surface area contributed by atoms with E-state index in [1.165, 1.54) is 12.1 Å². The fraction of sp³-hybridized carbons (Fsp3) is 0.222. The van der Waals surface area contributed by atoms with Crippen LogP contribution in [0.2, 0.25) is 0 Å². The molecule has 2 atom stereocenters. The summed E-state index contributed by atoms with van der Waals surface area (Å²) in [5.41, 5.74) is 1.29. The molecule has 1 N–H and O–H groups in total. The highest BCUT2D eigenvalue weighted by Crippen LogP contribution is 2.19. The zero-order chi connectivity index (χ0) is 19.3. The Balaban J connectivity index is 2.31. The molecule has 0 saturated carbocycles. The van der Waals surface area contributed by atoms with Crippen molar-refractivity contribution in [1.29, 1.82) is 0 Å². The molecule has 0 spiro atoms. The van der Waals surface area contributed by atoms with E-state index in [0.29, 0.717) is 5.56 Å². The van der Waals surface area contributed by atoms with Crippen LogP contribution < -0.4 is 4.72 Å². The molecular formula is C18H18INO5S. The number of benzene rings is 2. The van der Waals surface area contributed by atoms with Gasteiger partial charge in [0, 0.05) is 5.56 Å². The summed E-state index contributed by atoms with van der Waals surface area (Å²) in [7, 11) is -2.86. The second kappa shape index (κ2) is 8.74. The van der Waals surface area contributed by atoms with Gasteiger partial charge in [0.15, 0.2) is 5.78 Å². The van der Waals surface area contributed by atoms with Crippen LogP contribution in [0.1, 0.15) is 15.9 Å². The zero-order valence-electron chi connectivity index (χ0n) is 14.2. The molecule has 2 aromatic rings. The summed E-state index contributed by atoms with van der Waals surface area (Å²) < 4.78 is 31.2. The molecule has 26 heavy (non-hydrogen) atoms. The van der Waals surface area contributed by atoms with E-state index in [4.69, 9.17) is 4.74 Å². The predicted octanol–water partition coefficient (Wildman–Crippen LogP) is 2.50. The largest absolute Gasteiger partial charge is 0.468 e. The first-order valence-electron chi connectivity index (χ1n) is 7.66. The van der Waals surface area contributed by atoms with Gasteiger partial charge < -0.3 is 4.74 Å². The van der Waals surface area contributed by atoms with E-state index in [1.807, 2.05) is 6.92 Å². The van der Waals surface area contributed by atoms with Crippen LogP contribution in [0.5, 0.6) is 0 Å². The standard InChI is InChI=1S/C18H18INO5S/c1-12-8-10-14(11-9-12)26(23,24)20-16(18(22)25-2)15(19)17(21)13-6-4-3-5-7-13/h3-11,15-16,20H,1-2H3. The molecule has 0 aliphatic heterocycles. The van der Waals surface area contributed by atoms with Crippen molar-refractivity contribution in [3.05, 3.63) is 65.7 Å². The highest BCUT2D eigenvalue weighted by Gasteiger charge is 2.36. The van der Waals surface area contributed by atoms with Crippen molar-refractivity contribution in [2.45, 2.75) is 21.8 Å². The molecular weight excluding hydrogens is 469 g/mol. The fourth-order valence-corrected chi connectivity index (χ4v) is 4.49. The Morgan fingerprint density at radius 1 is 1.04 bits per heavy atom. The summed E-state index contributed by atoms with van der Waals surface area (Å²) in [4.78, 5) is 24.8. The number of halogens is 1. The number of alkyl halides is 1. The Kier molecular flexibility index (Phi) is 6.90. The SMILES string of the molecule is COC(=O)C(NS(=O)(=O)c1ccc(C)cc1)C(I)C(=O)c1ccccc1. The summed E-state index contributed by atoms with van der Waals surface area (Å²) in [6.07, 6.45) is 0. The first-order valence-corrected chi connectivity index (χ1v) is 10.4. The molecule has 8 heteroatoms. The predicted molar refractivity (Wildman–Crippen MR) is 106 cm³/mol. The van der Waals surface area contributed by atoms with Gasteiger partial charge in [-0.15, -0.1) is 0 Å². The highest BCUT2D eigenvalue weighted by atomic mass is 127. The molecule has 0 heterocycles. The van der Waals surface area contributed by atoms with Crippen LogP contribution in [0.15, 0.2) is 59.5 Å². The third-order valence-electron chi connectivity index (χ3n) is 3.67. The summed E-state index contributed by atoms with van der Waals surface area (Å²) in [5, 5.41) is 0. The van der Waals surface area contributed by atoms with E-state index in [2.05, 4.69) is 4.72 Å². The van der Waals surface area contributed by atoms with Gasteiger partial charge in [0.25, 0.3) is 0 Å². The van der Waals surface area contributed by atoms with Crippen LogP contribution in [-0.2, 0) is 19.6 Å². The Hall–Kier alpha value is -1.78. The number of esters is 1. The van der Waals surface area contributed by atoms with Gasteiger partial charge in [-0.3, -0.25) is 9.59 Å². The van der Waals surface area contributed by atoms with Crippen LogP contribution in [0.25, 0.3) is 0 Å². The molecule has 2 unspecified atom stereocenters. The molecule has 138 valence electrons. The van der Waals surface area contributed by atoms with E-state index in [1.54, 1.807) is 65.1 Å². The Morgan fingerprint density at radius 2 is 1.62 bits per heavy atom. The summed E-state index contributed by atoms with van der Waals surface area (Å²) in [6, 6.07) is 13.2. The van der Waals surface area contributed by atoms with Crippen LogP contribution in [-0.4, -0.2) is 37.2 Å². The molecule has 0 amide bonds. The minimum atomic E-state index is -4.00. The number of hydrogen-bond donors (Lipinski definition) is 1. The van der Waals surface area contributed by atoms with Crippen LogP contribution in [0.4, 0.5) is 0 Å². The number of aryl methyl sites for hydroxylation is 1. The lowest BCUT2D eigenvalue weighted by Crippen LogP contribution is -2.49. The molecule has 6 nitrogen and oxygen atoms in total. The van der Waals surface area contributed by atoms with Crippen molar-refractivity contribution >= 4 is 44.4 Å². The van der Waals surface area contributed by atoms with E-state index < -0.39 is 26.0 Å². The zero-order valence-corrected chi connectivity index (χ0v) is 17.2. The number of methoxy groups -OCH3 is 1. The van der Waals surface area contributed by atoms with E-state index >= 15 is 0 Å². The average molecular weight is 487 g/mol. The maximum atomic E-state index is 12.6. The maximum absolute atomic E-state index is 12.6. The number of sulfonamides is 1. The molecule has 0 radical (unpaired) electrons. The number of hydrogen-bond acceptors (Lipinski definition) is 5. The van der Waals surface area contributed by atoms with Gasteiger partial charge in [0.2, 0.25) is 10.0 Å². The van der Waals surface area contributed by atoms with Crippen molar-refractivity contribution in [1.82, 2.24) is 4.72 Å². The lowest BCUT2D eigenvalue weighted by Gasteiger charge is -2.21.